The summed E-state index contributed by atoms with van der Waals surface area (Å²) < 4.78 is 0. The number of amides is 1. The van der Waals surface area contributed by atoms with Gasteiger partial charge in [0, 0.05) is 4.88 Å². The molecule has 122 valence electrons. The van der Waals surface area contributed by atoms with E-state index in [1.165, 1.54) is 23.3 Å². The van der Waals surface area contributed by atoms with Crippen LogP contribution in [0.15, 0.2) is 6.07 Å². The first-order chi connectivity index (χ1) is 11.0. The molecular formula is C16H18N2O3S2. The van der Waals surface area contributed by atoms with Crippen molar-refractivity contribution in [2.45, 2.75) is 45.6 Å². The van der Waals surface area contributed by atoms with Crippen LogP contribution in [0.3, 0.4) is 0 Å². The van der Waals surface area contributed by atoms with Gasteiger partial charge in [-0.2, -0.15) is 0 Å². The molecule has 1 aliphatic rings. The Morgan fingerprint density at radius 2 is 2.04 bits per heavy atom. The van der Waals surface area contributed by atoms with Crippen LogP contribution in [0.5, 0.6) is 0 Å². The molecule has 0 radical (unpaired) electrons. The molecule has 1 amide bonds. The highest BCUT2D eigenvalue weighted by Crippen LogP contribution is 2.30. The Kier molecular flexibility index (Phi) is 4.50. The maximum Gasteiger partial charge on any atom is 0.347 e. The van der Waals surface area contributed by atoms with Crippen LogP contribution in [-0.4, -0.2) is 22.0 Å². The van der Waals surface area contributed by atoms with E-state index >= 15 is 0 Å². The summed E-state index contributed by atoms with van der Waals surface area (Å²) in [4.78, 5) is 30.1. The lowest BCUT2D eigenvalue weighted by Gasteiger charge is -2.09. The predicted molar refractivity (Wildman–Crippen MR) is 90.7 cm³/mol. The van der Waals surface area contributed by atoms with E-state index < -0.39 is 5.97 Å². The van der Waals surface area contributed by atoms with Gasteiger partial charge in [0.25, 0.3) is 5.91 Å². The summed E-state index contributed by atoms with van der Waals surface area (Å²) in [7, 11) is 0. The number of carbonyl (C=O) groups excluding carboxylic acids is 1. The number of fused-ring (bicyclic) bond motifs is 1. The quantitative estimate of drug-likeness (QED) is 0.883. The Balaban J connectivity index is 1.73. The summed E-state index contributed by atoms with van der Waals surface area (Å²) in [6, 6.07) is 1.69. The van der Waals surface area contributed by atoms with Gasteiger partial charge in [0.05, 0.1) is 16.6 Å². The van der Waals surface area contributed by atoms with Gasteiger partial charge in [-0.05, 0) is 51.2 Å². The van der Waals surface area contributed by atoms with Crippen LogP contribution in [0.2, 0.25) is 0 Å². The van der Waals surface area contributed by atoms with E-state index in [9.17, 15) is 9.59 Å². The van der Waals surface area contributed by atoms with Crippen molar-refractivity contribution >= 4 is 34.6 Å². The summed E-state index contributed by atoms with van der Waals surface area (Å²) in [6.45, 7) is 3.50. The van der Waals surface area contributed by atoms with Gasteiger partial charge < -0.3 is 10.4 Å². The van der Waals surface area contributed by atoms with Crippen LogP contribution < -0.4 is 5.32 Å². The van der Waals surface area contributed by atoms with Crippen LogP contribution in [0, 0.1) is 6.92 Å². The normalized spacial score (nSPS) is 15.0. The number of aromatic carboxylic acids is 1. The fraction of sp³-hybridized carbons (Fsp3) is 0.438. The average Bonchev–Trinajstić information content (AvgIpc) is 3.10. The smallest absolute Gasteiger partial charge is 0.347 e. The lowest BCUT2D eigenvalue weighted by atomic mass is 9.99. The second-order valence-electron chi connectivity index (χ2n) is 5.73. The van der Waals surface area contributed by atoms with Crippen LogP contribution in [0.25, 0.3) is 0 Å². The van der Waals surface area contributed by atoms with E-state index in [0.29, 0.717) is 10.7 Å². The highest BCUT2D eigenvalue weighted by atomic mass is 32.1. The Bertz CT molecular complexity index is 740. The lowest BCUT2D eigenvalue weighted by Crippen LogP contribution is -2.25. The molecule has 1 atom stereocenters. The summed E-state index contributed by atoms with van der Waals surface area (Å²) in [5, 5.41) is 12.6. The molecule has 2 heterocycles. The first-order valence-electron chi connectivity index (χ1n) is 7.58. The fourth-order valence-electron chi connectivity index (χ4n) is 2.73. The highest BCUT2D eigenvalue weighted by molar-refractivity contribution is 7.14. The minimum Gasteiger partial charge on any atom is -0.477 e. The summed E-state index contributed by atoms with van der Waals surface area (Å²) in [5.74, 6) is -1.09. The number of rotatable bonds is 4. The lowest BCUT2D eigenvalue weighted by molar-refractivity contribution is 0.0701. The van der Waals surface area contributed by atoms with Crippen molar-refractivity contribution in [2.24, 2.45) is 0 Å². The molecule has 2 aromatic heterocycles. The number of nitrogens with zero attached hydrogens (tertiary/aromatic N) is 1. The molecule has 0 saturated heterocycles. The molecule has 0 saturated carbocycles. The number of carbonyl (C=O) groups is 2. The molecule has 2 N–H and O–H groups in total. The molecule has 3 rings (SSSR count). The standard InChI is InChI=1S/C16H18N2O3S2/c1-8-13(16(20)21)23-15(18-8)9(2)17-14(19)12-7-10-5-3-4-6-11(10)22-12/h7,9H,3-6H2,1-2H3,(H,17,19)(H,20,21). The number of thiophene rings is 1. The first-order valence-corrected chi connectivity index (χ1v) is 9.22. The van der Waals surface area contributed by atoms with Crippen molar-refractivity contribution in [3.05, 3.63) is 37.0 Å². The first kappa shape index (κ1) is 16.1. The Morgan fingerprint density at radius 1 is 1.30 bits per heavy atom. The van der Waals surface area contributed by atoms with Gasteiger partial charge in [-0.1, -0.05) is 0 Å². The maximum absolute atomic E-state index is 12.4. The monoisotopic (exact) mass is 350 g/mol. The summed E-state index contributed by atoms with van der Waals surface area (Å²) in [6.07, 6.45) is 4.51. The van der Waals surface area contributed by atoms with Crippen molar-refractivity contribution in [3.63, 3.8) is 0 Å². The van der Waals surface area contributed by atoms with Crippen LogP contribution in [0.4, 0.5) is 0 Å². The van der Waals surface area contributed by atoms with Gasteiger partial charge in [0.15, 0.2) is 0 Å². The minimum atomic E-state index is -0.976. The Labute approximate surface area is 142 Å². The van der Waals surface area contributed by atoms with E-state index in [-0.39, 0.29) is 16.8 Å². The minimum absolute atomic E-state index is 0.110. The fourth-order valence-corrected chi connectivity index (χ4v) is 4.80. The maximum atomic E-state index is 12.4. The molecule has 5 nitrogen and oxygen atoms in total. The number of nitrogens with one attached hydrogen (secondary N) is 1. The highest BCUT2D eigenvalue weighted by Gasteiger charge is 2.22. The van der Waals surface area contributed by atoms with Gasteiger partial charge in [-0.25, -0.2) is 9.78 Å². The summed E-state index contributed by atoms with van der Waals surface area (Å²) in [5.41, 5.74) is 1.79. The van der Waals surface area contributed by atoms with Crippen molar-refractivity contribution in [2.75, 3.05) is 0 Å². The Morgan fingerprint density at radius 3 is 2.70 bits per heavy atom. The average molecular weight is 350 g/mol. The molecule has 2 aromatic rings. The van der Waals surface area contributed by atoms with E-state index in [1.807, 2.05) is 13.0 Å². The number of aryl methyl sites for hydroxylation is 3. The molecule has 1 unspecified atom stereocenters. The number of carboxylic acids is 1. The zero-order valence-corrected chi connectivity index (χ0v) is 14.6. The molecule has 0 bridgehead atoms. The van der Waals surface area contributed by atoms with E-state index in [2.05, 4.69) is 10.3 Å². The van der Waals surface area contributed by atoms with E-state index in [4.69, 9.17) is 5.11 Å². The molecule has 0 aliphatic heterocycles. The topological polar surface area (TPSA) is 79.3 Å². The van der Waals surface area contributed by atoms with Gasteiger partial charge in [0.2, 0.25) is 0 Å². The second-order valence-corrected chi connectivity index (χ2v) is 7.90. The van der Waals surface area contributed by atoms with Crippen LogP contribution in [0.1, 0.15) is 66.3 Å². The zero-order chi connectivity index (χ0) is 16.6. The van der Waals surface area contributed by atoms with Crippen molar-refractivity contribution in [1.29, 1.82) is 0 Å². The molecule has 1 aliphatic carbocycles. The van der Waals surface area contributed by atoms with Crippen molar-refractivity contribution in [1.82, 2.24) is 10.3 Å². The number of hydrogen-bond acceptors (Lipinski definition) is 5. The van der Waals surface area contributed by atoms with Crippen molar-refractivity contribution in [3.8, 4) is 0 Å². The van der Waals surface area contributed by atoms with Crippen LogP contribution in [-0.2, 0) is 12.8 Å². The molecule has 0 spiro atoms. The zero-order valence-electron chi connectivity index (χ0n) is 13.0. The predicted octanol–water partition coefficient (Wildman–Crippen LogP) is 3.58. The van der Waals surface area contributed by atoms with Gasteiger partial charge in [-0.3, -0.25) is 4.79 Å². The van der Waals surface area contributed by atoms with Gasteiger partial charge in [0.1, 0.15) is 9.88 Å². The third kappa shape index (κ3) is 3.30. The molecule has 0 aromatic carbocycles. The summed E-state index contributed by atoms with van der Waals surface area (Å²) >= 11 is 2.69. The van der Waals surface area contributed by atoms with E-state index in [1.54, 1.807) is 18.3 Å². The number of carboxylic acid groups (broad SMARTS) is 1. The molecular weight excluding hydrogens is 332 g/mol. The van der Waals surface area contributed by atoms with E-state index in [0.717, 1.165) is 29.1 Å². The molecule has 23 heavy (non-hydrogen) atoms. The number of thiazole rings is 1. The molecule has 7 heteroatoms. The third-order valence-corrected chi connectivity index (χ3v) is 6.51. The third-order valence-electron chi connectivity index (χ3n) is 3.95. The number of hydrogen-bond donors (Lipinski definition) is 2. The second kappa shape index (κ2) is 6.41. The van der Waals surface area contributed by atoms with Gasteiger partial charge in [-0.15, -0.1) is 22.7 Å². The van der Waals surface area contributed by atoms with Gasteiger partial charge >= 0.3 is 5.97 Å². The van der Waals surface area contributed by atoms with Crippen molar-refractivity contribution < 1.29 is 14.7 Å². The SMILES string of the molecule is Cc1nc(C(C)NC(=O)c2cc3c(s2)CCCC3)sc1C(=O)O. The Hall–Kier alpha value is -1.73. The molecule has 0 fully saturated rings. The number of aromatic nitrogens is 1. The largest absolute Gasteiger partial charge is 0.477 e. The van der Waals surface area contributed by atoms with Crippen LogP contribution >= 0.6 is 22.7 Å².